The normalized spacial score (nSPS) is 20.6. The molecule has 1 aliphatic heterocycles. The highest BCUT2D eigenvalue weighted by Crippen LogP contribution is 2.41. The molecular formula is C20H23N5O. The summed E-state index contributed by atoms with van der Waals surface area (Å²) in [6, 6.07) is 7.90. The summed E-state index contributed by atoms with van der Waals surface area (Å²) >= 11 is 0. The van der Waals surface area contributed by atoms with E-state index in [2.05, 4.69) is 19.6 Å². The van der Waals surface area contributed by atoms with Crippen LogP contribution in [0.2, 0.25) is 0 Å². The quantitative estimate of drug-likeness (QED) is 0.787. The Balaban J connectivity index is 1.31. The fourth-order valence-electron chi connectivity index (χ4n) is 4.15. The summed E-state index contributed by atoms with van der Waals surface area (Å²) in [6.07, 6.45) is 9.36. The summed E-state index contributed by atoms with van der Waals surface area (Å²) in [7, 11) is 0. The van der Waals surface area contributed by atoms with Crippen LogP contribution >= 0.6 is 0 Å². The molecule has 26 heavy (non-hydrogen) atoms. The molecule has 5 rings (SSSR count). The van der Waals surface area contributed by atoms with Crippen molar-refractivity contribution < 1.29 is 4.79 Å². The van der Waals surface area contributed by atoms with E-state index in [0.29, 0.717) is 11.8 Å². The van der Waals surface area contributed by atoms with Crippen LogP contribution in [0.15, 0.2) is 36.7 Å². The van der Waals surface area contributed by atoms with Gasteiger partial charge in [0.2, 0.25) is 0 Å². The first-order chi connectivity index (χ1) is 12.8. The van der Waals surface area contributed by atoms with Crippen LogP contribution in [-0.4, -0.2) is 43.5 Å². The minimum absolute atomic E-state index is 0.184. The SMILES string of the molecule is O=C(c1cc[nH]c1C1CC1)N1CCCC(Cc2nnc3ccccn23)C1. The van der Waals surface area contributed by atoms with E-state index in [1.54, 1.807) is 0 Å². The van der Waals surface area contributed by atoms with Crippen LogP contribution in [0.5, 0.6) is 0 Å². The summed E-state index contributed by atoms with van der Waals surface area (Å²) in [6.45, 7) is 1.65. The number of aromatic nitrogens is 4. The number of nitrogens with zero attached hydrogens (tertiary/aromatic N) is 4. The number of likely N-dealkylation sites (tertiary alicyclic amines) is 1. The number of piperidine rings is 1. The Morgan fingerprint density at radius 2 is 2.12 bits per heavy atom. The molecule has 0 aromatic carbocycles. The molecule has 1 aliphatic carbocycles. The number of carbonyl (C=O) groups is 1. The molecule has 1 saturated heterocycles. The van der Waals surface area contributed by atoms with Gasteiger partial charge in [-0.3, -0.25) is 9.20 Å². The van der Waals surface area contributed by atoms with E-state index < -0.39 is 0 Å². The second-order valence-corrected chi connectivity index (χ2v) is 7.59. The van der Waals surface area contributed by atoms with Crippen molar-refractivity contribution in [2.45, 2.75) is 38.0 Å². The van der Waals surface area contributed by atoms with Crippen molar-refractivity contribution in [3.8, 4) is 0 Å². The van der Waals surface area contributed by atoms with Gasteiger partial charge in [-0.2, -0.15) is 0 Å². The van der Waals surface area contributed by atoms with Gasteiger partial charge >= 0.3 is 0 Å². The molecule has 1 atom stereocenters. The molecule has 3 aromatic heterocycles. The maximum absolute atomic E-state index is 13.0. The van der Waals surface area contributed by atoms with Crippen molar-refractivity contribution in [1.82, 2.24) is 24.5 Å². The molecule has 2 aliphatic rings. The van der Waals surface area contributed by atoms with Gasteiger partial charge in [0.05, 0.1) is 5.56 Å². The largest absolute Gasteiger partial charge is 0.364 e. The van der Waals surface area contributed by atoms with Gasteiger partial charge in [0.1, 0.15) is 5.82 Å². The molecule has 1 amide bonds. The Morgan fingerprint density at radius 3 is 3.00 bits per heavy atom. The van der Waals surface area contributed by atoms with Crippen LogP contribution in [0, 0.1) is 5.92 Å². The molecule has 0 spiro atoms. The molecule has 1 N–H and O–H groups in total. The molecule has 1 saturated carbocycles. The third-order valence-electron chi connectivity index (χ3n) is 5.66. The highest BCUT2D eigenvalue weighted by molar-refractivity contribution is 5.95. The lowest BCUT2D eigenvalue weighted by Gasteiger charge is -2.32. The predicted octanol–water partition coefficient (Wildman–Crippen LogP) is 3.03. The highest BCUT2D eigenvalue weighted by atomic mass is 16.2. The zero-order valence-corrected chi connectivity index (χ0v) is 14.8. The minimum Gasteiger partial charge on any atom is -0.364 e. The fourth-order valence-corrected chi connectivity index (χ4v) is 4.15. The minimum atomic E-state index is 0.184. The van der Waals surface area contributed by atoms with Gasteiger partial charge < -0.3 is 9.88 Å². The summed E-state index contributed by atoms with van der Waals surface area (Å²) in [5.74, 6) is 2.17. The van der Waals surface area contributed by atoms with Crippen molar-refractivity contribution in [3.63, 3.8) is 0 Å². The van der Waals surface area contributed by atoms with Crippen LogP contribution in [0.3, 0.4) is 0 Å². The smallest absolute Gasteiger partial charge is 0.255 e. The van der Waals surface area contributed by atoms with E-state index in [-0.39, 0.29) is 5.91 Å². The van der Waals surface area contributed by atoms with Gasteiger partial charge in [0, 0.05) is 37.6 Å². The molecule has 134 valence electrons. The highest BCUT2D eigenvalue weighted by Gasteiger charge is 2.32. The lowest BCUT2D eigenvalue weighted by atomic mass is 9.94. The standard InChI is InChI=1S/C20H23N5O/c26-20(16-8-9-21-19(16)15-6-7-15)24-10-3-4-14(13-24)12-18-23-22-17-5-1-2-11-25(17)18/h1-2,5,8-9,11,14-15,21H,3-4,6-7,10,12-13H2. The number of amides is 1. The molecule has 0 radical (unpaired) electrons. The number of rotatable bonds is 4. The van der Waals surface area contributed by atoms with Crippen molar-refractivity contribution in [2.75, 3.05) is 13.1 Å². The lowest BCUT2D eigenvalue weighted by Crippen LogP contribution is -2.40. The van der Waals surface area contributed by atoms with Crippen molar-refractivity contribution in [3.05, 3.63) is 53.7 Å². The summed E-state index contributed by atoms with van der Waals surface area (Å²) in [5, 5.41) is 8.60. The van der Waals surface area contributed by atoms with E-state index >= 15 is 0 Å². The maximum atomic E-state index is 13.0. The average Bonchev–Trinajstić information content (AvgIpc) is 3.27. The Kier molecular flexibility index (Phi) is 3.76. The number of fused-ring (bicyclic) bond motifs is 1. The van der Waals surface area contributed by atoms with Gasteiger partial charge in [-0.15, -0.1) is 10.2 Å². The first kappa shape index (κ1) is 15.6. The van der Waals surface area contributed by atoms with Crippen molar-refractivity contribution in [1.29, 1.82) is 0 Å². The third kappa shape index (κ3) is 2.79. The first-order valence-corrected chi connectivity index (χ1v) is 9.55. The van der Waals surface area contributed by atoms with Crippen LogP contribution in [-0.2, 0) is 6.42 Å². The van der Waals surface area contributed by atoms with E-state index in [1.807, 2.05) is 41.6 Å². The number of nitrogens with one attached hydrogen (secondary N) is 1. The molecule has 3 aromatic rings. The second kappa shape index (κ2) is 6.27. The first-order valence-electron chi connectivity index (χ1n) is 9.55. The zero-order chi connectivity index (χ0) is 17.5. The van der Waals surface area contributed by atoms with E-state index in [4.69, 9.17) is 0 Å². The number of hydrogen-bond acceptors (Lipinski definition) is 3. The molecule has 2 fully saturated rings. The molecule has 0 bridgehead atoms. The maximum Gasteiger partial charge on any atom is 0.255 e. The van der Waals surface area contributed by atoms with Gasteiger partial charge in [-0.05, 0) is 55.7 Å². The van der Waals surface area contributed by atoms with Crippen LogP contribution in [0.1, 0.15) is 53.5 Å². The molecule has 1 unspecified atom stereocenters. The number of pyridine rings is 1. The number of H-pyrrole nitrogens is 1. The Morgan fingerprint density at radius 1 is 1.19 bits per heavy atom. The Bertz CT molecular complexity index is 938. The van der Waals surface area contributed by atoms with Crippen LogP contribution < -0.4 is 0 Å². The summed E-state index contributed by atoms with van der Waals surface area (Å²) < 4.78 is 2.05. The lowest BCUT2D eigenvalue weighted by molar-refractivity contribution is 0.0671. The van der Waals surface area contributed by atoms with E-state index in [1.165, 1.54) is 12.8 Å². The fraction of sp³-hybridized carbons (Fsp3) is 0.450. The summed E-state index contributed by atoms with van der Waals surface area (Å²) in [5.41, 5.74) is 2.90. The monoisotopic (exact) mass is 349 g/mol. The Labute approximate surface area is 152 Å². The van der Waals surface area contributed by atoms with Gasteiger partial charge in [0.25, 0.3) is 5.91 Å². The second-order valence-electron chi connectivity index (χ2n) is 7.59. The average molecular weight is 349 g/mol. The molecule has 6 nitrogen and oxygen atoms in total. The van der Waals surface area contributed by atoms with Crippen LogP contribution in [0.25, 0.3) is 5.65 Å². The van der Waals surface area contributed by atoms with Gasteiger partial charge in [0.15, 0.2) is 5.65 Å². The zero-order valence-electron chi connectivity index (χ0n) is 14.8. The van der Waals surface area contributed by atoms with Crippen LogP contribution in [0.4, 0.5) is 0 Å². The summed E-state index contributed by atoms with van der Waals surface area (Å²) in [4.78, 5) is 18.4. The van der Waals surface area contributed by atoms with Crippen molar-refractivity contribution in [2.24, 2.45) is 5.92 Å². The molecular weight excluding hydrogens is 326 g/mol. The van der Waals surface area contributed by atoms with Crippen molar-refractivity contribution >= 4 is 11.6 Å². The van der Waals surface area contributed by atoms with Gasteiger partial charge in [-0.1, -0.05) is 6.07 Å². The topological polar surface area (TPSA) is 66.3 Å². The molecule has 6 heteroatoms. The number of carbonyl (C=O) groups excluding carboxylic acids is 1. The number of hydrogen-bond donors (Lipinski definition) is 1. The number of aromatic amines is 1. The molecule has 4 heterocycles. The van der Waals surface area contributed by atoms with E-state index in [9.17, 15) is 4.79 Å². The van der Waals surface area contributed by atoms with E-state index in [0.717, 1.165) is 55.1 Å². The third-order valence-corrected chi connectivity index (χ3v) is 5.66. The predicted molar refractivity (Wildman–Crippen MR) is 98.1 cm³/mol. The Hall–Kier alpha value is -2.63. The van der Waals surface area contributed by atoms with Gasteiger partial charge in [-0.25, -0.2) is 0 Å².